The molecule has 1 aliphatic heterocycles. The lowest BCUT2D eigenvalue weighted by Crippen LogP contribution is -2.27. The van der Waals surface area contributed by atoms with E-state index >= 15 is 0 Å². The number of nitrogens with two attached hydrogens (primary N) is 1. The molecular weight excluding hydrogens is 304 g/mol. The van der Waals surface area contributed by atoms with Gasteiger partial charge < -0.3 is 5.73 Å². The van der Waals surface area contributed by atoms with E-state index in [1.54, 1.807) is 11.3 Å². The van der Waals surface area contributed by atoms with E-state index in [1.165, 1.54) is 20.5 Å². The molecular formula is C15H20N2O2S2. The first-order valence-corrected chi connectivity index (χ1v) is 9.85. The summed E-state index contributed by atoms with van der Waals surface area (Å²) in [6.07, 6.45) is 0.725. The molecule has 0 atom stereocenters. The fourth-order valence-electron chi connectivity index (χ4n) is 2.86. The van der Waals surface area contributed by atoms with Gasteiger partial charge in [-0.3, -0.25) is 4.90 Å². The minimum absolute atomic E-state index is 0.271. The van der Waals surface area contributed by atoms with Gasteiger partial charge in [0.25, 0.3) is 0 Å². The molecule has 0 saturated carbocycles. The molecule has 2 N–H and O–H groups in total. The Morgan fingerprint density at radius 2 is 2.00 bits per heavy atom. The summed E-state index contributed by atoms with van der Waals surface area (Å²) in [6, 6.07) is 8.34. The SMILES string of the molecule is NCc1sc2ccccc2c1CN1CCCS(=O)(=O)CC1. The number of hydrogen-bond acceptors (Lipinski definition) is 5. The Hall–Kier alpha value is -0.950. The van der Waals surface area contributed by atoms with Gasteiger partial charge in [-0.2, -0.15) is 0 Å². The monoisotopic (exact) mass is 324 g/mol. The number of thiophene rings is 1. The van der Waals surface area contributed by atoms with Gasteiger partial charge >= 0.3 is 0 Å². The second-order valence-electron chi connectivity index (χ2n) is 5.49. The Balaban J connectivity index is 1.87. The number of fused-ring (bicyclic) bond motifs is 1. The molecule has 0 aliphatic carbocycles. The summed E-state index contributed by atoms with van der Waals surface area (Å²) in [5.41, 5.74) is 7.16. The first-order chi connectivity index (χ1) is 10.1. The molecule has 4 nitrogen and oxygen atoms in total. The highest BCUT2D eigenvalue weighted by molar-refractivity contribution is 7.91. The highest BCUT2D eigenvalue weighted by atomic mass is 32.2. The minimum atomic E-state index is -2.85. The highest BCUT2D eigenvalue weighted by Gasteiger charge is 2.21. The van der Waals surface area contributed by atoms with E-state index < -0.39 is 9.84 Å². The fraction of sp³-hybridized carbons (Fsp3) is 0.467. The van der Waals surface area contributed by atoms with Crippen LogP contribution in [0.2, 0.25) is 0 Å². The Labute approximate surface area is 129 Å². The predicted octanol–water partition coefficient (Wildman–Crippen LogP) is 1.98. The summed E-state index contributed by atoms with van der Waals surface area (Å²) in [4.78, 5) is 3.46. The van der Waals surface area contributed by atoms with Gasteiger partial charge in [-0.15, -0.1) is 11.3 Å². The summed E-state index contributed by atoms with van der Waals surface area (Å²) in [6.45, 7) is 2.80. The second kappa shape index (κ2) is 6.04. The minimum Gasteiger partial charge on any atom is -0.326 e. The van der Waals surface area contributed by atoms with E-state index in [1.807, 2.05) is 12.1 Å². The molecule has 3 rings (SSSR count). The molecule has 2 aromatic rings. The fourth-order valence-corrected chi connectivity index (χ4v) is 5.26. The lowest BCUT2D eigenvalue weighted by Gasteiger charge is -2.19. The molecule has 0 spiro atoms. The lowest BCUT2D eigenvalue weighted by atomic mass is 10.1. The first kappa shape index (κ1) is 15.0. The molecule has 1 saturated heterocycles. The van der Waals surface area contributed by atoms with Crippen molar-refractivity contribution in [3.63, 3.8) is 0 Å². The summed E-state index contributed by atoms with van der Waals surface area (Å²) in [7, 11) is -2.85. The van der Waals surface area contributed by atoms with Crippen LogP contribution in [0.4, 0.5) is 0 Å². The number of hydrogen-bond donors (Lipinski definition) is 1. The summed E-state index contributed by atoms with van der Waals surface area (Å²) < 4.78 is 24.7. The van der Waals surface area contributed by atoms with Crippen LogP contribution in [-0.2, 0) is 22.9 Å². The number of nitrogens with zero attached hydrogens (tertiary/aromatic N) is 1. The van der Waals surface area contributed by atoms with Crippen LogP contribution in [0.15, 0.2) is 24.3 Å². The van der Waals surface area contributed by atoms with Crippen LogP contribution >= 0.6 is 11.3 Å². The van der Waals surface area contributed by atoms with Gasteiger partial charge in [0.15, 0.2) is 9.84 Å². The Kier molecular flexibility index (Phi) is 4.31. The van der Waals surface area contributed by atoms with Crippen LogP contribution in [-0.4, -0.2) is 37.9 Å². The van der Waals surface area contributed by atoms with Crippen molar-refractivity contribution in [3.05, 3.63) is 34.7 Å². The van der Waals surface area contributed by atoms with Crippen molar-refractivity contribution in [1.82, 2.24) is 4.90 Å². The number of rotatable bonds is 3. The first-order valence-electron chi connectivity index (χ1n) is 7.21. The van der Waals surface area contributed by atoms with Gasteiger partial charge in [0, 0.05) is 29.2 Å². The molecule has 21 heavy (non-hydrogen) atoms. The van der Waals surface area contributed by atoms with Crippen LogP contribution in [0, 0.1) is 0 Å². The van der Waals surface area contributed by atoms with Gasteiger partial charge in [-0.05, 0) is 30.0 Å². The van der Waals surface area contributed by atoms with Crippen molar-refractivity contribution < 1.29 is 8.42 Å². The Morgan fingerprint density at radius 3 is 2.81 bits per heavy atom. The zero-order chi connectivity index (χ0) is 14.9. The van der Waals surface area contributed by atoms with Crippen molar-refractivity contribution in [1.29, 1.82) is 0 Å². The maximum Gasteiger partial charge on any atom is 0.151 e. The molecule has 1 aromatic carbocycles. The third-order valence-electron chi connectivity index (χ3n) is 4.00. The molecule has 0 radical (unpaired) electrons. The van der Waals surface area contributed by atoms with Gasteiger partial charge in [-0.1, -0.05) is 18.2 Å². The molecule has 114 valence electrons. The van der Waals surface area contributed by atoms with Crippen molar-refractivity contribution in [2.75, 3.05) is 24.6 Å². The van der Waals surface area contributed by atoms with Gasteiger partial charge in [0.2, 0.25) is 0 Å². The molecule has 1 fully saturated rings. The smallest absolute Gasteiger partial charge is 0.151 e. The lowest BCUT2D eigenvalue weighted by molar-refractivity contribution is 0.288. The van der Waals surface area contributed by atoms with Crippen molar-refractivity contribution >= 4 is 31.3 Å². The normalized spacial score (nSPS) is 19.7. The van der Waals surface area contributed by atoms with Crippen LogP contribution in [0.3, 0.4) is 0 Å². The van der Waals surface area contributed by atoms with Gasteiger partial charge in [-0.25, -0.2) is 8.42 Å². The zero-order valence-electron chi connectivity index (χ0n) is 11.9. The zero-order valence-corrected chi connectivity index (χ0v) is 13.5. The van der Waals surface area contributed by atoms with Crippen molar-refractivity contribution in [2.24, 2.45) is 5.73 Å². The molecule has 0 amide bonds. The molecule has 1 aliphatic rings. The maximum atomic E-state index is 11.7. The largest absolute Gasteiger partial charge is 0.326 e. The molecule has 6 heteroatoms. The van der Waals surface area contributed by atoms with E-state index in [0.717, 1.165) is 19.5 Å². The summed E-state index contributed by atoms with van der Waals surface area (Å²) >= 11 is 1.75. The van der Waals surface area contributed by atoms with Gasteiger partial charge in [0.1, 0.15) is 0 Å². The average molecular weight is 324 g/mol. The van der Waals surface area contributed by atoms with Crippen molar-refractivity contribution in [2.45, 2.75) is 19.5 Å². The van der Waals surface area contributed by atoms with Crippen LogP contribution < -0.4 is 5.73 Å². The van der Waals surface area contributed by atoms with E-state index in [2.05, 4.69) is 17.0 Å². The average Bonchev–Trinajstić information content (AvgIpc) is 2.72. The molecule has 2 heterocycles. The van der Waals surface area contributed by atoms with E-state index in [0.29, 0.717) is 18.8 Å². The topological polar surface area (TPSA) is 63.4 Å². The number of benzene rings is 1. The van der Waals surface area contributed by atoms with Crippen LogP contribution in [0.1, 0.15) is 16.9 Å². The second-order valence-corrected chi connectivity index (χ2v) is 8.93. The predicted molar refractivity (Wildman–Crippen MR) is 88.3 cm³/mol. The van der Waals surface area contributed by atoms with Gasteiger partial charge in [0.05, 0.1) is 11.5 Å². The van der Waals surface area contributed by atoms with E-state index in [9.17, 15) is 8.42 Å². The summed E-state index contributed by atoms with van der Waals surface area (Å²) in [5, 5.41) is 1.26. The maximum absolute atomic E-state index is 11.7. The summed E-state index contributed by atoms with van der Waals surface area (Å²) in [5.74, 6) is 0.588. The number of sulfone groups is 1. The Bertz CT molecular complexity index is 737. The van der Waals surface area contributed by atoms with Crippen LogP contribution in [0.5, 0.6) is 0 Å². The van der Waals surface area contributed by atoms with Crippen molar-refractivity contribution in [3.8, 4) is 0 Å². The molecule has 1 aromatic heterocycles. The van der Waals surface area contributed by atoms with E-state index in [-0.39, 0.29) is 5.75 Å². The quantitative estimate of drug-likeness (QED) is 0.938. The highest BCUT2D eigenvalue weighted by Crippen LogP contribution is 2.32. The molecule has 0 unspecified atom stereocenters. The van der Waals surface area contributed by atoms with Crippen LogP contribution in [0.25, 0.3) is 10.1 Å². The standard InChI is InChI=1S/C15H20N2O2S2/c16-10-15-13(12-4-1-2-5-14(12)20-15)11-17-6-3-8-21(18,19)9-7-17/h1-2,4-5H,3,6-11,16H2. The third kappa shape index (κ3) is 3.29. The van der Waals surface area contributed by atoms with E-state index in [4.69, 9.17) is 5.73 Å². The third-order valence-corrected chi connectivity index (χ3v) is 6.95. The Morgan fingerprint density at radius 1 is 1.19 bits per heavy atom. The molecule has 0 bridgehead atoms.